The summed E-state index contributed by atoms with van der Waals surface area (Å²) in [5.41, 5.74) is 0. The number of allylic oxidation sites excluding steroid dienone is 4. The summed E-state index contributed by atoms with van der Waals surface area (Å²) in [7, 11) is -0.887. The lowest BCUT2D eigenvalue weighted by atomic mass is 10.6. The first-order valence-electron chi connectivity index (χ1n) is 3.31. The summed E-state index contributed by atoms with van der Waals surface area (Å²) in [6.07, 6.45) is 3.76. The van der Waals surface area contributed by atoms with Crippen molar-refractivity contribution in [1.82, 2.24) is 0 Å². The van der Waals surface area contributed by atoms with E-state index in [1.807, 2.05) is 39.8 Å². The largest absolute Gasteiger partial charge is 0.250 e. The number of rotatable bonds is 2. The molecule has 0 amide bonds. The van der Waals surface area contributed by atoms with Gasteiger partial charge in [0.1, 0.15) is 0 Å². The van der Waals surface area contributed by atoms with E-state index in [0.29, 0.717) is 0 Å². The lowest BCUT2D eigenvalue weighted by molar-refractivity contribution is 0.690. The smallest absolute Gasteiger partial charge is 0.0754 e. The van der Waals surface area contributed by atoms with E-state index in [0.717, 1.165) is 9.81 Å². The zero-order chi connectivity index (χ0) is 8.15. The van der Waals surface area contributed by atoms with Gasteiger partial charge in [0.2, 0.25) is 0 Å². The van der Waals surface area contributed by atoms with Crippen molar-refractivity contribution < 1.29 is 4.21 Å². The molecular weight excluding hydrogens is 144 g/mol. The highest BCUT2D eigenvalue weighted by Gasteiger charge is 2.00. The van der Waals surface area contributed by atoms with Gasteiger partial charge in [0.15, 0.2) is 0 Å². The molecule has 0 unspecified atom stereocenters. The zero-order valence-electron chi connectivity index (χ0n) is 6.97. The topological polar surface area (TPSA) is 17.1 Å². The van der Waals surface area contributed by atoms with E-state index in [-0.39, 0.29) is 0 Å². The van der Waals surface area contributed by atoms with Gasteiger partial charge < -0.3 is 0 Å². The SMILES string of the molecule is CC=C(C)S(=O)C(C)=CC. The molecule has 0 spiro atoms. The first-order valence-corrected chi connectivity index (χ1v) is 4.46. The fourth-order valence-corrected chi connectivity index (χ4v) is 1.40. The predicted molar refractivity (Wildman–Crippen MR) is 47.0 cm³/mol. The second-order valence-corrected chi connectivity index (χ2v) is 3.89. The Morgan fingerprint density at radius 2 is 1.40 bits per heavy atom. The van der Waals surface area contributed by atoms with Gasteiger partial charge in [0, 0.05) is 9.81 Å². The van der Waals surface area contributed by atoms with Gasteiger partial charge >= 0.3 is 0 Å². The molecule has 0 radical (unpaired) electrons. The highest BCUT2D eigenvalue weighted by atomic mass is 32.2. The van der Waals surface area contributed by atoms with Crippen LogP contribution in [0.1, 0.15) is 27.7 Å². The van der Waals surface area contributed by atoms with Crippen LogP contribution in [0, 0.1) is 0 Å². The van der Waals surface area contributed by atoms with Gasteiger partial charge in [-0.3, -0.25) is 0 Å². The van der Waals surface area contributed by atoms with Gasteiger partial charge in [0.25, 0.3) is 0 Å². The van der Waals surface area contributed by atoms with E-state index in [9.17, 15) is 4.21 Å². The molecule has 0 aromatic rings. The first kappa shape index (κ1) is 9.63. The van der Waals surface area contributed by atoms with Gasteiger partial charge in [-0.1, -0.05) is 12.2 Å². The van der Waals surface area contributed by atoms with Crippen LogP contribution in [0.15, 0.2) is 22.0 Å². The van der Waals surface area contributed by atoms with Crippen molar-refractivity contribution in [3.05, 3.63) is 22.0 Å². The Bertz CT molecular complexity index is 169. The maximum Gasteiger partial charge on any atom is 0.0754 e. The third-order valence-electron chi connectivity index (χ3n) is 1.40. The van der Waals surface area contributed by atoms with E-state index < -0.39 is 10.8 Å². The Morgan fingerprint density at radius 3 is 1.60 bits per heavy atom. The Labute approximate surface area is 65.3 Å². The van der Waals surface area contributed by atoms with Crippen LogP contribution in [-0.4, -0.2) is 4.21 Å². The van der Waals surface area contributed by atoms with E-state index in [4.69, 9.17) is 0 Å². The monoisotopic (exact) mass is 158 g/mol. The van der Waals surface area contributed by atoms with Crippen molar-refractivity contribution in [1.29, 1.82) is 0 Å². The molecule has 2 heteroatoms. The van der Waals surface area contributed by atoms with Crippen LogP contribution in [0.3, 0.4) is 0 Å². The van der Waals surface area contributed by atoms with E-state index in [1.165, 1.54) is 0 Å². The summed E-state index contributed by atoms with van der Waals surface area (Å²) in [6, 6.07) is 0. The van der Waals surface area contributed by atoms with Crippen molar-refractivity contribution in [2.24, 2.45) is 0 Å². The van der Waals surface area contributed by atoms with Gasteiger partial charge in [0.05, 0.1) is 10.8 Å². The standard InChI is InChI=1S/C8H14OS/c1-5-7(3)10(9)8(4)6-2/h5-6H,1-4H3. The maximum atomic E-state index is 11.3. The summed E-state index contributed by atoms with van der Waals surface area (Å²) in [6.45, 7) is 7.55. The van der Waals surface area contributed by atoms with Crippen LogP contribution in [0.25, 0.3) is 0 Å². The fourth-order valence-electron chi connectivity index (χ4n) is 0.468. The third-order valence-corrected chi connectivity index (χ3v) is 3.04. The van der Waals surface area contributed by atoms with Crippen LogP contribution >= 0.6 is 0 Å². The molecule has 58 valence electrons. The number of hydrogen-bond acceptors (Lipinski definition) is 1. The molecule has 0 aliphatic rings. The predicted octanol–water partition coefficient (Wildman–Crippen LogP) is 2.58. The Balaban J connectivity index is 4.39. The number of hydrogen-bond donors (Lipinski definition) is 0. The average Bonchev–Trinajstić information content (AvgIpc) is 2.00. The van der Waals surface area contributed by atoms with Crippen LogP contribution in [-0.2, 0) is 10.8 Å². The van der Waals surface area contributed by atoms with E-state index in [1.54, 1.807) is 0 Å². The quantitative estimate of drug-likeness (QED) is 0.603. The highest BCUT2D eigenvalue weighted by molar-refractivity contribution is 7.92. The van der Waals surface area contributed by atoms with Crippen LogP contribution in [0.4, 0.5) is 0 Å². The second-order valence-electron chi connectivity index (χ2n) is 2.07. The molecule has 0 aromatic carbocycles. The molecule has 0 aliphatic carbocycles. The molecule has 0 rings (SSSR count). The summed E-state index contributed by atoms with van der Waals surface area (Å²) < 4.78 is 11.3. The molecule has 10 heavy (non-hydrogen) atoms. The van der Waals surface area contributed by atoms with Crippen molar-refractivity contribution >= 4 is 10.8 Å². The molecule has 0 aromatic heterocycles. The average molecular weight is 158 g/mol. The summed E-state index contributed by atoms with van der Waals surface area (Å²) >= 11 is 0. The van der Waals surface area contributed by atoms with E-state index in [2.05, 4.69) is 0 Å². The van der Waals surface area contributed by atoms with Gasteiger partial charge in [-0.05, 0) is 27.7 Å². The molecule has 0 bridgehead atoms. The molecule has 0 saturated carbocycles. The van der Waals surface area contributed by atoms with Crippen molar-refractivity contribution in [3.8, 4) is 0 Å². The molecule has 0 saturated heterocycles. The normalized spacial score (nSPS) is 17.2. The van der Waals surface area contributed by atoms with Crippen molar-refractivity contribution in [3.63, 3.8) is 0 Å². The minimum Gasteiger partial charge on any atom is -0.250 e. The van der Waals surface area contributed by atoms with Gasteiger partial charge in [-0.2, -0.15) is 0 Å². The summed E-state index contributed by atoms with van der Waals surface area (Å²) in [5.74, 6) is 0. The highest BCUT2D eigenvalue weighted by Crippen LogP contribution is 2.09. The first-order chi connectivity index (χ1) is 4.63. The van der Waals surface area contributed by atoms with Crippen LogP contribution < -0.4 is 0 Å². The van der Waals surface area contributed by atoms with Crippen molar-refractivity contribution in [2.75, 3.05) is 0 Å². The molecular formula is C8H14OS. The van der Waals surface area contributed by atoms with Crippen molar-refractivity contribution in [2.45, 2.75) is 27.7 Å². The van der Waals surface area contributed by atoms with Crippen LogP contribution in [0.5, 0.6) is 0 Å². The van der Waals surface area contributed by atoms with E-state index >= 15 is 0 Å². The fraction of sp³-hybridized carbons (Fsp3) is 0.500. The lowest BCUT2D eigenvalue weighted by Gasteiger charge is -1.98. The van der Waals surface area contributed by atoms with Crippen LogP contribution in [0.2, 0.25) is 0 Å². The zero-order valence-corrected chi connectivity index (χ0v) is 7.79. The lowest BCUT2D eigenvalue weighted by Crippen LogP contribution is -1.91. The summed E-state index contributed by atoms with van der Waals surface area (Å²) in [5, 5.41) is 0. The Hall–Kier alpha value is -0.370. The van der Waals surface area contributed by atoms with Gasteiger partial charge in [-0.25, -0.2) is 4.21 Å². The molecule has 0 N–H and O–H groups in total. The Kier molecular flexibility index (Phi) is 4.28. The third kappa shape index (κ3) is 2.48. The molecule has 0 atom stereocenters. The molecule has 0 aliphatic heterocycles. The molecule has 0 fully saturated rings. The summed E-state index contributed by atoms with van der Waals surface area (Å²) in [4.78, 5) is 1.85. The van der Waals surface area contributed by atoms with Gasteiger partial charge in [-0.15, -0.1) is 0 Å². The minimum absolute atomic E-state index is 0.887. The minimum atomic E-state index is -0.887. The molecule has 1 nitrogen and oxygen atoms in total. The Morgan fingerprint density at radius 1 is 1.10 bits per heavy atom. The molecule has 0 heterocycles. The maximum absolute atomic E-state index is 11.3. The second kappa shape index (κ2) is 4.45.